The summed E-state index contributed by atoms with van der Waals surface area (Å²) in [6.07, 6.45) is 1.41. The van der Waals surface area contributed by atoms with E-state index in [9.17, 15) is 14.4 Å². The van der Waals surface area contributed by atoms with Gasteiger partial charge in [-0.2, -0.15) is 5.10 Å². The molecule has 41 heavy (non-hydrogen) atoms. The minimum absolute atomic E-state index is 0.218. The maximum absolute atomic E-state index is 13.1. The first-order valence-corrected chi connectivity index (χ1v) is 12.7. The van der Waals surface area contributed by atoms with Crippen LogP contribution in [0, 0.1) is 0 Å². The van der Waals surface area contributed by atoms with Crippen LogP contribution in [0.25, 0.3) is 0 Å². The summed E-state index contributed by atoms with van der Waals surface area (Å²) in [5.74, 6) is -0.868. The number of rotatable bonds is 11. The smallest absolute Gasteiger partial charge is 0.343 e. The highest BCUT2D eigenvalue weighted by Crippen LogP contribution is 2.29. The van der Waals surface area contributed by atoms with Crippen molar-refractivity contribution < 1.29 is 28.6 Å². The number of hydrogen-bond donors (Lipinski definition) is 2. The van der Waals surface area contributed by atoms with Crippen molar-refractivity contribution in [2.75, 3.05) is 20.8 Å². The molecule has 208 valence electrons. The van der Waals surface area contributed by atoms with Crippen molar-refractivity contribution in [2.45, 2.75) is 5.92 Å². The van der Waals surface area contributed by atoms with E-state index in [0.29, 0.717) is 22.6 Å². The molecular formula is C32H29N3O6. The quantitative estimate of drug-likeness (QED) is 0.124. The summed E-state index contributed by atoms with van der Waals surface area (Å²) in [6.45, 7) is -0.255. The number of ether oxygens (including phenoxy) is 3. The SMILES string of the molecule is COc1cccc(C(=O)Oc2ccc(/C=N\NC(=O)CNC(=O)C(c3ccccc3)c3ccccc3)cc2OC)c1. The molecule has 2 N–H and O–H groups in total. The summed E-state index contributed by atoms with van der Waals surface area (Å²) in [5, 5.41) is 6.65. The second kappa shape index (κ2) is 14.1. The fourth-order valence-corrected chi connectivity index (χ4v) is 4.03. The summed E-state index contributed by atoms with van der Waals surface area (Å²) in [7, 11) is 2.96. The molecule has 0 heterocycles. The van der Waals surface area contributed by atoms with Gasteiger partial charge in [0.2, 0.25) is 5.91 Å². The first-order valence-electron chi connectivity index (χ1n) is 12.7. The van der Waals surface area contributed by atoms with Crippen LogP contribution in [-0.4, -0.2) is 44.8 Å². The van der Waals surface area contributed by atoms with Gasteiger partial charge in [0.05, 0.1) is 38.5 Å². The Morgan fingerprint density at radius 1 is 0.780 bits per heavy atom. The number of nitrogens with zero attached hydrogens (tertiary/aromatic N) is 1. The first-order chi connectivity index (χ1) is 20.0. The van der Waals surface area contributed by atoms with E-state index < -0.39 is 17.8 Å². The molecule has 0 spiro atoms. The topological polar surface area (TPSA) is 115 Å². The number of carbonyl (C=O) groups excluding carboxylic acids is 3. The number of esters is 1. The van der Waals surface area contributed by atoms with Crippen LogP contribution in [0.2, 0.25) is 0 Å². The molecule has 2 amide bonds. The van der Waals surface area contributed by atoms with Crippen molar-refractivity contribution in [3.63, 3.8) is 0 Å². The highest BCUT2D eigenvalue weighted by atomic mass is 16.6. The Morgan fingerprint density at radius 2 is 1.46 bits per heavy atom. The second-order valence-corrected chi connectivity index (χ2v) is 8.80. The molecule has 4 rings (SSSR count). The van der Waals surface area contributed by atoms with Gasteiger partial charge in [0, 0.05) is 0 Å². The Bertz CT molecular complexity index is 1480. The Morgan fingerprint density at radius 3 is 2.10 bits per heavy atom. The van der Waals surface area contributed by atoms with Crippen LogP contribution in [0.4, 0.5) is 0 Å². The average molecular weight is 552 g/mol. The fourth-order valence-electron chi connectivity index (χ4n) is 4.03. The van der Waals surface area contributed by atoms with Gasteiger partial charge in [-0.15, -0.1) is 0 Å². The van der Waals surface area contributed by atoms with Gasteiger partial charge in [-0.1, -0.05) is 66.7 Å². The lowest BCUT2D eigenvalue weighted by atomic mass is 9.90. The Hall–Kier alpha value is -5.44. The van der Waals surface area contributed by atoms with E-state index >= 15 is 0 Å². The van der Waals surface area contributed by atoms with Gasteiger partial charge >= 0.3 is 5.97 Å². The third-order valence-electron chi connectivity index (χ3n) is 6.05. The number of hydrogen-bond acceptors (Lipinski definition) is 7. The zero-order valence-electron chi connectivity index (χ0n) is 22.6. The van der Waals surface area contributed by atoms with Crippen molar-refractivity contribution in [1.82, 2.24) is 10.7 Å². The molecule has 0 atom stereocenters. The third-order valence-corrected chi connectivity index (χ3v) is 6.05. The summed E-state index contributed by atoms with van der Waals surface area (Å²) >= 11 is 0. The van der Waals surface area contributed by atoms with Crippen LogP contribution >= 0.6 is 0 Å². The lowest BCUT2D eigenvalue weighted by Gasteiger charge is -2.17. The minimum Gasteiger partial charge on any atom is -0.497 e. The second-order valence-electron chi connectivity index (χ2n) is 8.80. The molecule has 0 aromatic heterocycles. The summed E-state index contributed by atoms with van der Waals surface area (Å²) in [5.41, 5.74) is 4.95. The maximum Gasteiger partial charge on any atom is 0.343 e. The van der Waals surface area contributed by atoms with Gasteiger partial charge in [0.1, 0.15) is 5.75 Å². The molecule has 0 aliphatic rings. The van der Waals surface area contributed by atoms with E-state index in [0.717, 1.165) is 11.1 Å². The van der Waals surface area contributed by atoms with Crippen LogP contribution in [0.3, 0.4) is 0 Å². The van der Waals surface area contributed by atoms with Crippen LogP contribution in [-0.2, 0) is 9.59 Å². The first kappa shape index (κ1) is 28.6. The molecule has 9 heteroatoms. The Kier molecular flexibility index (Phi) is 9.82. The molecule has 0 aliphatic carbocycles. The summed E-state index contributed by atoms with van der Waals surface area (Å²) < 4.78 is 16.0. The summed E-state index contributed by atoms with van der Waals surface area (Å²) in [6, 6.07) is 30.2. The van der Waals surface area contributed by atoms with Gasteiger partial charge in [-0.3, -0.25) is 9.59 Å². The van der Waals surface area contributed by atoms with Gasteiger partial charge in [0.15, 0.2) is 11.5 Å². The lowest BCUT2D eigenvalue weighted by molar-refractivity contribution is -0.126. The number of amides is 2. The number of carbonyl (C=O) groups is 3. The van der Waals surface area contributed by atoms with Crippen molar-refractivity contribution in [2.24, 2.45) is 5.10 Å². The molecule has 0 fully saturated rings. The molecule has 0 radical (unpaired) electrons. The molecule has 0 saturated heterocycles. The van der Waals surface area contributed by atoms with Crippen molar-refractivity contribution in [1.29, 1.82) is 0 Å². The lowest BCUT2D eigenvalue weighted by Crippen LogP contribution is -2.37. The van der Waals surface area contributed by atoms with Crippen molar-refractivity contribution in [3.8, 4) is 17.2 Å². The third kappa shape index (κ3) is 7.79. The van der Waals surface area contributed by atoms with Crippen LogP contribution < -0.4 is 25.0 Å². The molecule has 0 saturated carbocycles. The van der Waals surface area contributed by atoms with Gasteiger partial charge < -0.3 is 19.5 Å². The molecule has 9 nitrogen and oxygen atoms in total. The van der Waals surface area contributed by atoms with Crippen molar-refractivity contribution in [3.05, 3.63) is 125 Å². The monoisotopic (exact) mass is 551 g/mol. The van der Waals surface area contributed by atoms with E-state index in [-0.39, 0.29) is 18.2 Å². The molecule has 4 aromatic rings. The van der Waals surface area contributed by atoms with E-state index in [4.69, 9.17) is 14.2 Å². The zero-order valence-corrected chi connectivity index (χ0v) is 22.6. The summed E-state index contributed by atoms with van der Waals surface area (Å²) in [4.78, 5) is 38.0. The van der Waals surface area contributed by atoms with E-state index in [2.05, 4.69) is 15.8 Å². The fraction of sp³-hybridized carbons (Fsp3) is 0.125. The van der Waals surface area contributed by atoms with E-state index in [1.807, 2.05) is 60.7 Å². The van der Waals surface area contributed by atoms with Gasteiger partial charge in [-0.05, 0) is 53.1 Å². The molecular weight excluding hydrogens is 522 g/mol. The minimum atomic E-state index is -0.570. The molecule has 0 bridgehead atoms. The molecule has 4 aromatic carbocycles. The Balaban J connectivity index is 1.34. The van der Waals surface area contributed by atoms with Crippen LogP contribution in [0.5, 0.6) is 17.2 Å². The van der Waals surface area contributed by atoms with E-state index in [1.165, 1.54) is 20.4 Å². The number of hydrazone groups is 1. The van der Waals surface area contributed by atoms with Crippen molar-refractivity contribution >= 4 is 24.0 Å². The normalized spacial score (nSPS) is 10.7. The zero-order chi connectivity index (χ0) is 29.0. The predicted molar refractivity (Wildman–Crippen MR) is 154 cm³/mol. The number of nitrogens with one attached hydrogen (secondary N) is 2. The van der Waals surface area contributed by atoms with Gasteiger partial charge in [0.25, 0.3) is 5.91 Å². The number of methoxy groups -OCH3 is 2. The van der Waals surface area contributed by atoms with Gasteiger partial charge in [-0.25, -0.2) is 10.2 Å². The largest absolute Gasteiger partial charge is 0.497 e. The van der Waals surface area contributed by atoms with Crippen LogP contribution in [0.15, 0.2) is 108 Å². The standard InChI is InChI=1S/C32H29N3O6/c1-39-26-15-9-14-25(19-26)32(38)41-27-17-16-22(18-28(27)40-2)20-34-35-29(36)21-33-31(37)30(23-10-5-3-6-11-23)24-12-7-4-8-13-24/h3-20,30H,21H2,1-2H3,(H,33,37)(H,35,36)/b34-20-. The predicted octanol–water partition coefficient (Wildman–Crippen LogP) is 4.32. The maximum atomic E-state index is 13.1. The van der Waals surface area contributed by atoms with Crippen LogP contribution in [0.1, 0.15) is 33.0 Å². The Labute approximate surface area is 237 Å². The highest BCUT2D eigenvalue weighted by molar-refractivity contribution is 5.92. The highest BCUT2D eigenvalue weighted by Gasteiger charge is 2.22. The average Bonchev–Trinajstić information content (AvgIpc) is 3.02. The molecule has 0 unspecified atom stereocenters. The molecule has 0 aliphatic heterocycles. The number of benzene rings is 4. The van der Waals surface area contributed by atoms with E-state index in [1.54, 1.807) is 42.5 Å².